The molecule has 2 aromatic carbocycles. The Morgan fingerprint density at radius 1 is 0.915 bits per heavy atom. The molecule has 6 bridgehead atoms. The molecular weight excluding hydrogens is 764 g/mol. The Labute approximate surface area is 335 Å². The number of imidazole rings is 2. The first-order valence-corrected chi connectivity index (χ1v) is 19.6. The zero-order valence-corrected chi connectivity index (χ0v) is 32.3. The highest BCUT2D eigenvalue weighted by molar-refractivity contribution is 5.94. The highest BCUT2D eigenvalue weighted by atomic mass is 19.1. The largest absolute Gasteiger partial charge is 0.378 e. The average molecular weight is 802 g/mol. The minimum Gasteiger partial charge on any atom is -0.378 e. The summed E-state index contributed by atoms with van der Waals surface area (Å²) in [6, 6.07) is 10.8. The maximum atomic E-state index is 15.4. The average Bonchev–Trinajstić information content (AvgIpc) is 4.02. The fourth-order valence-electron chi connectivity index (χ4n) is 9.45. The van der Waals surface area contributed by atoms with Crippen LogP contribution in [0.4, 0.5) is 30.8 Å². The quantitative estimate of drug-likeness (QED) is 0.257. The molecule has 1 amide bonds. The maximum Gasteiger partial charge on any atom is 0.245 e. The van der Waals surface area contributed by atoms with Crippen molar-refractivity contribution in [3.05, 3.63) is 96.2 Å². The lowest BCUT2D eigenvalue weighted by Gasteiger charge is -2.52. The lowest BCUT2D eigenvalue weighted by atomic mass is 9.89. The van der Waals surface area contributed by atoms with Gasteiger partial charge in [0.05, 0.1) is 53.0 Å². The van der Waals surface area contributed by atoms with Gasteiger partial charge in [0.2, 0.25) is 11.9 Å². The molecule has 2 fully saturated rings. The Morgan fingerprint density at radius 2 is 1.80 bits per heavy atom. The van der Waals surface area contributed by atoms with E-state index >= 15 is 8.78 Å². The fraction of sp³-hybridized carbons (Fsp3) is 0.341. The number of carbonyl (C=O) groups is 1. The molecule has 0 unspecified atom stereocenters. The predicted molar refractivity (Wildman–Crippen MR) is 212 cm³/mol. The second kappa shape index (κ2) is 13.2. The van der Waals surface area contributed by atoms with Crippen molar-refractivity contribution in [3.8, 4) is 16.9 Å². The van der Waals surface area contributed by atoms with Crippen molar-refractivity contribution in [1.29, 1.82) is 0 Å². The molecule has 59 heavy (non-hydrogen) atoms. The van der Waals surface area contributed by atoms with Gasteiger partial charge in [-0.05, 0) is 50.1 Å². The lowest BCUT2D eigenvalue weighted by Crippen LogP contribution is -2.57. The van der Waals surface area contributed by atoms with Gasteiger partial charge in [0.1, 0.15) is 46.6 Å². The van der Waals surface area contributed by atoms with E-state index in [4.69, 9.17) is 24.7 Å². The van der Waals surface area contributed by atoms with E-state index < -0.39 is 29.6 Å². The molecule has 300 valence electrons. The number of carbonyl (C=O) groups excluding carboxylic acids is 1. The predicted octanol–water partition coefficient (Wildman–Crippen LogP) is 5.03. The molecule has 5 aromatic heterocycles. The number of benzene rings is 2. The van der Waals surface area contributed by atoms with Crippen LogP contribution >= 0.6 is 0 Å². The second-order valence-corrected chi connectivity index (χ2v) is 15.8. The van der Waals surface area contributed by atoms with Gasteiger partial charge in [-0.1, -0.05) is 6.07 Å². The first-order valence-electron chi connectivity index (χ1n) is 19.6. The van der Waals surface area contributed by atoms with Gasteiger partial charge < -0.3 is 33.9 Å². The Hall–Kier alpha value is -6.56. The summed E-state index contributed by atoms with van der Waals surface area (Å²) in [7, 11) is 3.37. The summed E-state index contributed by atoms with van der Waals surface area (Å²) in [5.41, 5.74) is 2.72. The number of hydrogen-bond donors (Lipinski definition) is 1. The first-order chi connectivity index (χ1) is 28.6. The Balaban J connectivity index is 1.05. The second-order valence-electron chi connectivity index (χ2n) is 15.8. The number of aromatic nitrogens is 9. The van der Waals surface area contributed by atoms with Gasteiger partial charge >= 0.3 is 0 Å². The van der Waals surface area contributed by atoms with Crippen molar-refractivity contribution in [3.63, 3.8) is 0 Å². The van der Waals surface area contributed by atoms with Gasteiger partial charge in [0.25, 0.3) is 0 Å². The van der Waals surface area contributed by atoms with Crippen LogP contribution in [0.2, 0.25) is 0 Å². The molecule has 0 spiro atoms. The molecule has 10 heterocycles. The normalized spacial score (nSPS) is 22.6. The number of aryl methyl sites for hydroxylation is 1. The van der Waals surface area contributed by atoms with E-state index in [-0.39, 0.29) is 36.3 Å². The highest BCUT2D eigenvalue weighted by Gasteiger charge is 2.48. The number of methoxy groups -OCH3 is 1. The van der Waals surface area contributed by atoms with Crippen LogP contribution in [0.25, 0.3) is 39.0 Å². The first kappa shape index (κ1) is 35.6. The van der Waals surface area contributed by atoms with Crippen LogP contribution in [-0.4, -0.2) is 106 Å². The number of halogens is 3. The molecule has 0 saturated carbocycles. The molecule has 0 radical (unpaired) electrons. The van der Waals surface area contributed by atoms with Crippen LogP contribution in [0.15, 0.2) is 67.1 Å². The molecule has 18 heteroatoms. The van der Waals surface area contributed by atoms with Gasteiger partial charge in [-0.15, -0.1) is 0 Å². The van der Waals surface area contributed by atoms with Crippen LogP contribution in [0.5, 0.6) is 0 Å². The number of pyridine rings is 1. The van der Waals surface area contributed by atoms with Gasteiger partial charge in [0.15, 0.2) is 11.5 Å². The summed E-state index contributed by atoms with van der Waals surface area (Å²) in [5.74, 6) is 0.887. The molecule has 1 N–H and O–H groups in total. The molecule has 12 rings (SSSR count). The molecule has 2 saturated heterocycles. The van der Waals surface area contributed by atoms with Crippen LogP contribution in [-0.2, 0) is 22.6 Å². The van der Waals surface area contributed by atoms with Gasteiger partial charge in [-0.3, -0.25) is 4.79 Å². The number of fused-ring (bicyclic) bond motifs is 6. The summed E-state index contributed by atoms with van der Waals surface area (Å²) in [6.07, 6.45) is 6.12. The van der Waals surface area contributed by atoms with Crippen molar-refractivity contribution < 1.29 is 22.7 Å². The van der Waals surface area contributed by atoms with Crippen LogP contribution in [0, 0.1) is 24.4 Å². The third-order valence-corrected chi connectivity index (χ3v) is 12.2. The van der Waals surface area contributed by atoms with Crippen molar-refractivity contribution in [1.82, 2.24) is 48.7 Å². The molecule has 5 aliphatic heterocycles. The number of nitrogens with zero attached hydrogens (tertiary/aromatic N) is 12. The third kappa shape index (κ3) is 5.63. The van der Waals surface area contributed by atoms with Crippen molar-refractivity contribution in [2.45, 2.75) is 63.1 Å². The van der Waals surface area contributed by atoms with Crippen molar-refractivity contribution >= 4 is 45.6 Å². The molecular formula is C41H38F3N13O2. The van der Waals surface area contributed by atoms with Crippen molar-refractivity contribution in [2.75, 3.05) is 42.4 Å². The summed E-state index contributed by atoms with van der Waals surface area (Å²) in [4.78, 5) is 45.2. The Morgan fingerprint density at radius 3 is 2.64 bits per heavy atom. The molecule has 0 aliphatic carbocycles. The zero-order chi connectivity index (χ0) is 40.3. The fourth-order valence-corrected chi connectivity index (χ4v) is 9.45. The number of rotatable bonds is 4. The highest BCUT2D eigenvalue weighted by Crippen LogP contribution is 2.46. The van der Waals surface area contributed by atoms with Gasteiger partial charge in [-0.2, -0.15) is 15.1 Å². The summed E-state index contributed by atoms with van der Waals surface area (Å²) in [6.45, 7) is 3.48. The monoisotopic (exact) mass is 801 g/mol. The van der Waals surface area contributed by atoms with E-state index in [1.807, 2.05) is 40.8 Å². The van der Waals surface area contributed by atoms with Crippen LogP contribution in [0.1, 0.15) is 30.5 Å². The number of amides is 1. The van der Waals surface area contributed by atoms with Crippen molar-refractivity contribution in [2.24, 2.45) is 0 Å². The number of ether oxygens (including phenoxy) is 1. The SMILES string of the molecule is CO[C@H]1CN(C)C(=O)[C@@H]2C[C@@H](CN2c2nc(N3[C@H]4C[C@@H]3c3nccn3C4)nc3c2cnn3-c2ccc(F)cc2F)Nc2cccc(n2)-c2cc(F)cc3nc(C)n(c23)C1. The number of likely N-dealkylation sites (N-methyl/N-ethyl adjacent to an activating group) is 1. The van der Waals surface area contributed by atoms with Crippen LogP contribution < -0.4 is 15.1 Å². The zero-order valence-electron chi connectivity index (χ0n) is 32.3. The Bertz CT molecular complexity index is 2840. The lowest BCUT2D eigenvalue weighted by molar-refractivity contribution is -0.132. The van der Waals surface area contributed by atoms with E-state index in [2.05, 4.69) is 24.9 Å². The van der Waals surface area contributed by atoms with E-state index in [0.29, 0.717) is 77.3 Å². The molecule has 5 atom stereocenters. The minimum atomic E-state index is -0.799. The topological polar surface area (TPSA) is 140 Å². The summed E-state index contributed by atoms with van der Waals surface area (Å²) >= 11 is 0. The molecule has 5 aliphatic rings. The standard InChI is InChI=1S/C41H38F3N13O2/c1-21-47-31-13-23(43)11-27-30-5-4-6-35(49-30)48-24-14-34(40(58)52(2)19-26(59-3)20-54(21)36(27)31)55(17-24)37-28-16-46-57(32-8-7-22(42)12-29(32)44)38(28)51-41(50-37)56-25-15-33(56)39-45-9-10-53(39)18-25/h4-13,16,24-26,33-34H,14-15,17-20H2,1-3H3,(H,48,49)/t24-,25-,26-,33+,34-/m0/s1. The smallest absolute Gasteiger partial charge is 0.245 e. The Kier molecular flexibility index (Phi) is 7.98. The summed E-state index contributed by atoms with van der Waals surface area (Å²) in [5, 5.41) is 8.63. The van der Waals surface area contributed by atoms with E-state index in [9.17, 15) is 9.18 Å². The number of nitrogens with one attached hydrogen (secondary N) is 1. The molecule has 15 nitrogen and oxygen atoms in total. The van der Waals surface area contributed by atoms with E-state index in [1.165, 1.54) is 28.9 Å². The van der Waals surface area contributed by atoms with Crippen LogP contribution in [0.3, 0.4) is 0 Å². The summed E-state index contributed by atoms with van der Waals surface area (Å²) < 4.78 is 56.2. The van der Waals surface area contributed by atoms with Gasteiger partial charge in [-0.25, -0.2) is 32.8 Å². The van der Waals surface area contributed by atoms with E-state index in [0.717, 1.165) is 23.8 Å². The molecule has 7 aromatic rings. The van der Waals surface area contributed by atoms with E-state index in [1.54, 1.807) is 31.5 Å². The number of hydrogen-bond acceptors (Lipinski definition) is 11. The minimum absolute atomic E-state index is 0.0227. The van der Waals surface area contributed by atoms with Gasteiger partial charge in [0, 0.05) is 69.9 Å². The number of anilines is 3. The maximum absolute atomic E-state index is 15.4. The third-order valence-electron chi connectivity index (χ3n) is 12.2.